The summed E-state index contributed by atoms with van der Waals surface area (Å²) in [5, 5.41) is 19.3. The van der Waals surface area contributed by atoms with Gasteiger partial charge in [-0.3, -0.25) is 4.79 Å². The molecule has 0 radical (unpaired) electrons. The van der Waals surface area contributed by atoms with Crippen LogP contribution in [0.4, 0.5) is 0 Å². The number of rotatable bonds is 4. The molecule has 0 saturated heterocycles. The molecule has 1 aliphatic heterocycles. The average Bonchev–Trinajstić information content (AvgIpc) is 2.52. The fourth-order valence-electron chi connectivity index (χ4n) is 2.77. The smallest absolute Gasteiger partial charge is 0.312 e. The Morgan fingerprint density at radius 3 is 2.61 bits per heavy atom. The van der Waals surface area contributed by atoms with E-state index in [1.807, 2.05) is 6.92 Å². The van der Waals surface area contributed by atoms with Gasteiger partial charge in [-0.1, -0.05) is 19.1 Å². The summed E-state index contributed by atoms with van der Waals surface area (Å²) in [5.41, 5.74) is 1.63. The largest absolute Gasteiger partial charge is 0.508 e. The molecule has 0 bridgehead atoms. The van der Waals surface area contributed by atoms with Crippen LogP contribution in [-0.2, 0) is 4.79 Å². The highest BCUT2D eigenvalue weighted by Gasteiger charge is 2.32. The van der Waals surface area contributed by atoms with E-state index in [-0.39, 0.29) is 29.8 Å². The molecule has 0 amide bonds. The lowest BCUT2D eigenvalue weighted by Gasteiger charge is -2.27. The maximum atomic E-state index is 11.9. The molecule has 0 unspecified atom stereocenters. The normalized spacial score (nSPS) is 16.6. The monoisotopic (exact) mass is 314 g/mol. The first kappa shape index (κ1) is 15.2. The number of aromatic hydroxyl groups is 2. The van der Waals surface area contributed by atoms with Crippen LogP contribution < -0.4 is 9.47 Å². The number of carbonyl (C=O) groups excluding carboxylic acids is 1. The van der Waals surface area contributed by atoms with Crippen molar-refractivity contribution in [3.8, 4) is 23.0 Å². The van der Waals surface area contributed by atoms with Crippen LogP contribution in [0, 0.1) is 0 Å². The van der Waals surface area contributed by atoms with Crippen molar-refractivity contribution in [1.82, 2.24) is 0 Å². The molecule has 1 heterocycles. The first-order valence-electron chi connectivity index (χ1n) is 7.57. The average molecular weight is 314 g/mol. The fourth-order valence-corrected chi connectivity index (χ4v) is 2.77. The number of phenolic OH excluding ortho intramolecular Hbond substituents is 2. The Balaban J connectivity index is 2.10. The van der Waals surface area contributed by atoms with Gasteiger partial charge < -0.3 is 19.7 Å². The second-order valence-electron chi connectivity index (χ2n) is 5.53. The van der Waals surface area contributed by atoms with E-state index in [1.165, 1.54) is 6.07 Å². The van der Waals surface area contributed by atoms with Crippen LogP contribution >= 0.6 is 0 Å². The lowest BCUT2D eigenvalue weighted by Crippen LogP contribution is -2.22. The highest BCUT2D eigenvalue weighted by molar-refractivity contribution is 5.79. The van der Waals surface area contributed by atoms with Crippen molar-refractivity contribution in [2.75, 3.05) is 6.61 Å². The molecule has 120 valence electrons. The Labute approximate surface area is 134 Å². The van der Waals surface area contributed by atoms with E-state index in [9.17, 15) is 15.0 Å². The number of benzene rings is 2. The maximum absolute atomic E-state index is 11.9. The molecule has 1 atom stereocenters. The molecule has 0 fully saturated rings. The summed E-state index contributed by atoms with van der Waals surface area (Å²) in [4.78, 5) is 11.9. The Kier molecular flexibility index (Phi) is 4.10. The van der Waals surface area contributed by atoms with Crippen molar-refractivity contribution in [2.24, 2.45) is 0 Å². The molecular weight excluding hydrogens is 296 g/mol. The van der Waals surface area contributed by atoms with Gasteiger partial charge in [-0.05, 0) is 24.1 Å². The number of carbonyl (C=O) groups is 1. The third-order valence-electron chi connectivity index (χ3n) is 3.79. The zero-order valence-corrected chi connectivity index (χ0v) is 12.8. The van der Waals surface area contributed by atoms with Crippen molar-refractivity contribution in [2.45, 2.75) is 25.7 Å². The van der Waals surface area contributed by atoms with Gasteiger partial charge in [-0.2, -0.15) is 0 Å². The highest BCUT2D eigenvalue weighted by Crippen LogP contribution is 2.46. The number of esters is 1. The summed E-state index contributed by atoms with van der Waals surface area (Å²) >= 11 is 0. The number of hydrogen-bond donors (Lipinski definition) is 2. The van der Waals surface area contributed by atoms with E-state index in [2.05, 4.69) is 0 Å². The number of phenols is 2. The zero-order chi connectivity index (χ0) is 16.4. The molecule has 0 aromatic heterocycles. The SMILES string of the molecule is CCCOc1cc(O)cc2c1[C@@H](c1ccc(O)cc1)CC(=O)O2. The molecule has 5 heteroatoms. The third kappa shape index (κ3) is 3.08. The summed E-state index contributed by atoms with van der Waals surface area (Å²) in [6.07, 6.45) is 1.01. The van der Waals surface area contributed by atoms with Gasteiger partial charge in [0.15, 0.2) is 0 Å². The molecule has 1 aliphatic rings. The Morgan fingerprint density at radius 2 is 1.91 bits per heavy atom. The van der Waals surface area contributed by atoms with Gasteiger partial charge in [-0.15, -0.1) is 0 Å². The molecule has 0 aliphatic carbocycles. The highest BCUT2D eigenvalue weighted by atomic mass is 16.5. The van der Waals surface area contributed by atoms with Crippen LogP contribution in [-0.4, -0.2) is 22.8 Å². The van der Waals surface area contributed by atoms with Crippen molar-refractivity contribution >= 4 is 5.97 Å². The van der Waals surface area contributed by atoms with Crippen LogP contribution in [0.5, 0.6) is 23.0 Å². The Hall–Kier alpha value is -2.69. The van der Waals surface area contributed by atoms with Crippen LogP contribution in [0.15, 0.2) is 36.4 Å². The van der Waals surface area contributed by atoms with Crippen molar-refractivity contribution in [3.05, 3.63) is 47.5 Å². The van der Waals surface area contributed by atoms with Gasteiger partial charge in [0.05, 0.1) is 13.0 Å². The summed E-state index contributed by atoms with van der Waals surface area (Å²) in [6, 6.07) is 9.70. The molecule has 2 aromatic carbocycles. The predicted molar refractivity (Wildman–Crippen MR) is 84.1 cm³/mol. The van der Waals surface area contributed by atoms with Crippen LogP contribution in [0.25, 0.3) is 0 Å². The van der Waals surface area contributed by atoms with Gasteiger partial charge in [-0.25, -0.2) is 0 Å². The van der Waals surface area contributed by atoms with Gasteiger partial charge >= 0.3 is 5.97 Å². The lowest BCUT2D eigenvalue weighted by atomic mass is 9.85. The predicted octanol–water partition coefficient (Wildman–Crippen LogP) is 3.33. The standard InChI is InChI=1S/C18H18O5/c1-2-7-22-15-8-13(20)9-16-18(15)14(10-17(21)23-16)11-3-5-12(19)6-4-11/h3-6,8-9,14,19-20H,2,7,10H2,1H3/t14-/m1/s1. The molecule has 5 nitrogen and oxygen atoms in total. The van der Waals surface area contributed by atoms with Crippen LogP contribution in [0.3, 0.4) is 0 Å². The quantitative estimate of drug-likeness (QED) is 0.669. The summed E-state index contributed by atoms with van der Waals surface area (Å²) in [6.45, 7) is 2.50. The third-order valence-corrected chi connectivity index (χ3v) is 3.79. The van der Waals surface area contributed by atoms with Gasteiger partial charge in [0.1, 0.15) is 23.0 Å². The number of fused-ring (bicyclic) bond motifs is 1. The minimum absolute atomic E-state index is 0.00555. The Morgan fingerprint density at radius 1 is 1.17 bits per heavy atom. The minimum atomic E-state index is -0.359. The van der Waals surface area contributed by atoms with Crippen LogP contribution in [0.1, 0.15) is 36.8 Å². The lowest BCUT2D eigenvalue weighted by molar-refractivity contribution is -0.135. The second-order valence-corrected chi connectivity index (χ2v) is 5.53. The molecule has 0 saturated carbocycles. The van der Waals surface area contributed by atoms with Crippen LogP contribution in [0.2, 0.25) is 0 Å². The minimum Gasteiger partial charge on any atom is -0.508 e. The van der Waals surface area contributed by atoms with E-state index in [0.29, 0.717) is 18.1 Å². The molecule has 2 N–H and O–H groups in total. The van der Waals surface area contributed by atoms with Gasteiger partial charge in [0.25, 0.3) is 0 Å². The first-order chi connectivity index (χ1) is 11.1. The topological polar surface area (TPSA) is 76.0 Å². The van der Waals surface area contributed by atoms with Gasteiger partial charge in [0.2, 0.25) is 0 Å². The summed E-state index contributed by atoms with van der Waals surface area (Å²) < 4.78 is 11.0. The fraction of sp³-hybridized carbons (Fsp3) is 0.278. The van der Waals surface area contributed by atoms with E-state index in [4.69, 9.17) is 9.47 Å². The number of hydrogen-bond acceptors (Lipinski definition) is 5. The van der Waals surface area contributed by atoms with E-state index in [0.717, 1.165) is 17.5 Å². The first-order valence-corrected chi connectivity index (χ1v) is 7.57. The van der Waals surface area contributed by atoms with Crippen molar-refractivity contribution < 1.29 is 24.5 Å². The van der Waals surface area contributed by atoms with E-state index >= 15 is 0 Å². The van der Waals surface area contributed by atoms with Gasteiger partial charge in [0, 0.05) is 23.6 Å². The second kappa shape index (κ2) is 6.20. The summed E-state index contributed by atoms with van der Waals surface area (Å²) in [5.74, 6) is 0.411. The maximum Gasteiger partial charge on any atom is 0.312 e. The number of ether oxygens (including phenoxy) is 2. The molecule has 23 heavy (non-hydrogen) atoms. The summed E-state index contributed by atoms with van der Waals surface area (Å²) in [7, 11) is 0. The van der Waals surface area contributed by atoms with Crippen molar-refractivity contribution in [1.29, 1.82) is 0 Å². The van der Waals surface area contributed by atoms with Crippen molar-refractivity contribution in [3.63, 3.8) is 0 Å². The Bertz CT molecular complexity index is 721. The molecule has 3 rings (SSSR count). The molecule has 0 spiro atoms. The molecular formula is C18H18O5. The zero-order valence-electron chi connectivity index (χ0n) is 12.8. The molecule has 2 aromatic rings. The van der Waals surface area contributed by atoms with E-state index < -0.39 is 0 Å². The van der Waals surface area contributed by atoms with E-state index in [1.54, 1.807) is 30.3 Å².